The summed E-state index contributed by atoms with van der Waals surface area (Å²) in [5.74, 6) is 1.23. The molecule has 0 saturated carbocycles. The van der Waals surface area contributed by atoms with Crippen molar-refractivity contribution >= 4 is 16.7 Å². The topological polar surface area (TPSA) is 51.8 Å². The fraction of sp³-hybridized carbons (Fsp3) is 0.125. The van der Waals surface area contributed by atoms with Crippen LogP contribution in [0.2, 0.25) is 0 Å². The van der Waals surface area contributed by atoms with Crippen LogP contribution in [0.25, 0.3) is 22.3 Å². The van der Waals surface area contributed by atoms with Crippen molar-refractivity contribution in [2.45, 2.75) is 13.8 Å². The summed E-state index contributed by atoms with van der Waals surface area (Å²) in [6, 6.07) is 14.0. The minimum Gasteiger partial charge on any atom is -0.383 e. The first kappa shape index (κ1) is 11.7. The number of hydrogen-bond donors (Lipinski definition) is 1. The fourth-order valence-corrected chi connectivity index (χ4v) is 2.26. The molecule has 0 aliphatic heterocycles. The Bertz CT molecular complexity index is 763. The van der Waals surface area contributed by atoms with E-state index in [4.69, 9.17) is 5.73 Å². The van der Waals surface area contributed by atoms with Crippen molar-refractivity contribution in [1.29, 1.82) is 0 Å². The number of aromatic nitrogens is 2. The molecule has 2 N–H and O–H groups in total. The van der Waals surface area contributed by atoms with Gasteiger partial charge in [0.15, 0.2) is 5.82 Å². The molecule has 0 unspecified atom stereocenters. The molecule has 0 aliphatic rings. The smallest absolute Gasteiger partial charge is 0.162 e. The van der Waals surface area contributed by atoms with Gasteiger partial charge in [0, 0.05) is 10.9 Å². The van der Waals surface area contributed by atoms with Gasteiger partial charge in [-0.1, -0.05) is 36.4 Å². The predicted octanol–water partition coefficient (Wildman–Crippen LogP) is 3.50. The summed E-state index contributed by atoms with van der Waals surface area (Å²) in [7, 11) is 0. The first-order chi connectivity index (χ1) is 9.16. The van der Waals surface area contributed by atoms with Crippen LogP contribution in [0.4, 0.5) is 5.82 Å². The van der Waals surface area contributed by atoms with E-state index in [2.05, 4.69) is 23.0 Å². The lowest BCUT2D eigenvalue weighted by Gasteiger charge is -2.09. The van der Waals surface area contributed by atoms with E-state index in [0.29, 0.717) is 11.6 Å². The van der Waals surface area contributed by atoms with E-state index in [1.807, 2.05) is 43.3 Å². The molecule has 0 spiro atoms. The van der Waals surface area contributed by atoms with Crippen LogP contribution in [0.1, 0.15) is 11.1 Å². The minimum atomic E-state index is 0.534. The Hall–Kier alpha value is -2.42. The van der Waals surface area contributed by atoms with Crippen LogP contribution in [0, 0.1) is 13.8 Å². The lowest BCUT2D eigenvalue weighted by molar-refractivity contribution is 1.21. The van der Waals surface area contributed by atoms with Gasteiger partial charge in [-0.2, -0.15) is 0 Å². The second-order valence-corrected chi connectivity index (χ2v) is 4.72. The molecule has 3 heteroatoms. The van der Waals surface area contributed by atoms with Crippen LogP contribution in [-0.4, -0.2) is 9.97 Å². The highest BCUT2D eigenvalue weighted by Crippen LogP contribution is 2.26. The molecule has 3 aromatic rings. The molecule has 0 saturated heterocycles. The van der Waals surface area contributed by atoms with E-state index in [1.165, 1.54) is 0 Å². The van der Waals surface area contributed by atoms with Crippen LogP contribution >= 0.6 is 0 Å². The number of benzene rings is 2. The van der Waals surface area contributed by atoms with Gasteiger partial charge >= 0.3 is 0 Å². The first-order valence-electron chi connectivity index (χ1n) is 6.25. The third kappa shape index (κ3) is 1.93. The highest BCUT2D eigenvalue weighted by molar-refractivity contribution is 5.91. The lowest BCUT2D eigenvalue weighted by atomic mass is 10.1. The highest BCUT2D eigenvalue weighted by atomic mass is 14.9. The number of fused-ring (bicyclic) bond motifs is 1. The Morgan fingerprint density at radius 3 is 2.37 bits per heavy atom. The standard InChI is InChI=1S/C16H15N3/c1-10-6-3-4-8-12(10)16-18-14-11(2)7-5-9-13(14)15(17)19-16/h3-9H,1-2H3,(H2,17,18,19). The van der Waals surface area contributed by atoms with Crippen molar-refractivity contribution in [3.63, 3.8) is 0 Å². The van der Waals surface area contributed by atoms with Gasteiger partial charge in [0.25, 0.3) is 0 Å². The number of hydrogen-bond acceptors (Lipinski definition) is 3. The number of nitrogen functional groups attached to an aromatic ring is 1. The molecular weight excluding hydrogens is 234 g/mol. The molecule has 3 rings (SSSR count). The summed E-state index contributed by atoms with van der Waals surface area (Å²) in [6.07, 6.45) is 0. The number of rotatable bonds is 1. The summed E-state index contributed by atoms with van der Waals surface area (Å²) in [5, 5.41) is 0.914. The van der Waals surface area contributed by atoms with E-state index < -0.39 is 0 Å². The zero-order valence-electron chi connectivity index (χ0n) is 11.0. The Labute approximate surface area is 112 Å². The van der Waals surface area contributed by atoms with Crippen LogP contribution in [0.3, 0.4) is 0 Å². The van der Waals surface area contributed by atoms with Gasteiger partial charge < -0.3 is 5.73 Å². The largest absolute Gasteiger partial charge is 0.383 e. The molecule has 0 atom stereocenters. The Kier molecular flexibility index (Phi) is 2.67. The molecular formula is C16H15N3. The highest BCUT2D eigenvalue weighted by Gasteiger charge is 2.10. The van der Waals surface area contributed by atoms with Gasteiger partial charge in [-0.05, 0) is 31.0 Å². The average Bonchev–Trinajstić information content (AvgIpc) is 2.40. The Morgan fingerprint density at radius 1 is 0.842 bits per heavy atom. The molecule has 1 aromatic heterocycles. The van der Waals surface area contributed by atoms with E-state index in [9.17, 15) is 0 Å². The Morgan fingerprint density at radius 2 is 1.58 bits per heavy atom. The molecule has 19 heavy (non-hydrogen) atoms. The van der Waals surface area contributed by atoms with Crippen LogP contribution in [0.5, 0.6) is 0 Å². The van der Waals surface area contributed by atoms with E-state index >= 15 is 0 Å². The van der Waals surface area contributed by atoms with Crippen molar-refractivity contribution in [2.75, 3.05) is 5.73 Å². The van der Waals surface area contributed by atoms with Crippen molar-refractivity contribution in [1.82, 2.24) is 9.97 Å². The molecule has 0 amide bonds. The average molecular weight is 249 g/mol. The van der Waals surface area contributed by atoms with Gasteiger partial charge in [-0.15, -0.1) is 0 Å². The molecule has 2 aromatic carbocycles. The summed E-state index contributed by atoms with van der Waals surface area (Å²) < 4.78 is 0. The van der Waals surface area contributed by atoms with Crippen molar-refractivity contribution in [3.05, 3.63) is 53.6 Å². The van der Waals surface area contributed by atoms with E-state index in [0.717, 1.165) is 27.6 Å². The maximum absolute atomic E-state index is 6.06. The molecule has 3 nitrogen and oxygen atoms in total. The first-order valence-corrected chi connectivity index (χ1v) is 6.25. The van der Waals surface area contributed by atoms with Crippen LogP contribution < -0.4 is 5.73 Å². The number of anilines is 1. The molecule has 1 heterocycles. The third-order valence-electron chi connectivity index (χ3n) is 3.34. The SMILES string of the molecule is Cc1ccccc1-c1nc(N)c2cccc(C)c2n1. The number of nitrogens with zero attached hydrogens (tertiary/aromatic N) is 2. The molecule has 0 aliphatic carbocycles. The molecule has 0 fully saturated rings. The van der Waals surface area contributed by atoms with Gasteiger partial charge in [-0.25, -0.2) is 9.97 Å². The molecule has 0 radical (unpaired) electrons. The van der Waals surface area contributed by atoms with E-state index in [-0.39, 0.29) is 0 Å². The van der Waals surface area contributed by atoms with Crippen LogP contribution in [0.15, 0.2) is 42.5 Å². The zero-order valence-corrected chi connectivity index (χ0v) is 11.0. The van der Waals surface area contributed by atoms with Gasteiger partial charge in [0.2, 0.25) is 0 Å². The monoisotopic (exact) mass is 249 g/mol. The normalized spacial score (nSPS) is 10.8. The molecule has 94 valence electrons. The Balaban J connectivity index is 2.33. The fourth-order valence-electron chi connectivity index (χ4n) is 2.26. The van der Waals surface area contributed by atoms with Gasteiger partial charge in [-0.3, -0.25) is 0 Å². The number of para-hydroxylation sites is 1. The maximum atomic E-state index is 6.06. The maximum Gasteiger partial charge on any atom is 0.162 e. The third-order valence-corrected chi connectivity index (χ3v) is 3.34. The van der Waals surface area contributed by atoms with Crippen molar-refractivity contribution in [3.8, 4) is 11.4 Å². The summed E-state index contributed by atoms with van der Waals surface area (Å²) >= 11 is 0. The summed E-state index contributed by atoms with van der Waals surface area (Å²) in [4.78, 5) is 9.12. The minimum absolute atomic E-state index is 0.534. The second-order valence-electron chi connectivity index (χ2n) is 4.72. The zero-order chi connectivity index (χ0) is 13.4. The van der Waals surface area contributed by atoms with Crippen molar-refractivity contribution in [2.24, 2.45) is 0 Å². The van der Waals surface area contributed by atoms with Crippen LogP contribution in [-0.2, 0) is 0 Å². The lowest BCUT2D eigenvalue weighted by Crippen LogP contribution is -1.99. The van der Waals surface area contributed by atoms with Gasteiger partial charge in [0.1, 0.15) is 5.82 Å². The quantitative estimate of drug-likeness (QED) is 0.718. The van der Waals surface area contributed by atoms with Gasteiger partial charge in [0.05, 0.1) is 5.52 Å². The number of nitrogens with two attached hydrogens (primary N) is 1. The van der Waals surface area contributed by atoms with Crippen molar-refractivity contribution < 1.29 is 0 Å². The van der Waals surface area contributed by atoms with E-state index in [1.54, 1.807) is 0 Å². The summed E-state index contributed by atoms with van der Waals surface area (Å²) in [5.41, 5.74) is 10.3. The summed E-state index contributed by atoms with van der Waals surface area (Å²) in [6.45, 7) is 4.09. The predicted molar refractivity (Wildman–Crippen MR) is 78.9 cm³/mol. The molecule has 0 bridgehead atoms. The second kappa shape index (κ2) is 4.35. The number of aryl methyl sites for hydroxylation is 2.